The lowest BCUT2D eigenvalue weighted by Crippen LogP contribution is -2.08. The molecule has 1 rings (SSSR count). The summed E-state index contributed by atoms with van der Waals surface area (Å²) in [5, 5.41) is 0. The second kappa shape index (κ2) is 16.8. The Morgan fingerprint density at radius 1 is 0.719 bits per heavy atom. The average molecular weight is 501 g/mol. The summed E-state index contributed by atoms with van der Waals surface area (Å²) in [5.74, 6) is 0. The van der Waals surface area contributed by atoms with Gasteiger partial charge in [-0.1, -0.05) is 103 Å². The van der Waals surface area contributed by atoms with Crippen LogP contribution in [0.4, 0.5) is 0 Å². The van der Waals surface area contributed by atoms with Crippen molar-refractivity contribution in [3.05, 3.63) is 0 Å². The molecule has 0 radical (unpaired) electrons. The van der Waals surface area contributed by atoms with Crippen molar-refractivity contribution < 1.29 is 37.4 Å². The molecule has 0 aromatic rings. The zero-order chi connectivity index (χ0) is 23.8. The van der Waals surface area contributed by atoms with Crippen molar-refractivity contribution in [1.82, 2.24) is 0 Å². The van der Waals surface area contributed by atoms with Gasteiger partial charge in [0.1, 0.15) is 0 Å². The highest BCUT2D eigenvalue weighted by Crippen LogP contribution is 2.57. The van der Waals surface area contributed by atoms with Crippen molar-refractivity contribution in [2.75, 3.05) is 13.2 Å². The molecule has 1 heterocycles. The van der Waals surface area contributed by atoms with Gasteiger partial charge < -0.3 is 19.4 Å². The summed E-state index contributed by atoms with van der Waals surface area (Å²) in [6.45, 7) is 3.16. The molecule has 32 heavy (non-hydrogen) atoms. The van der Waals surface area contributed by atoms with Crippen LogP contribution in [0.25, 0.3) is 0 Å². The van der Waals surface area contributed by atoms with Crippen LogP contribution in [0.3, 0.4) is 0 Å². The maximum absolute atomic E-state index is 11.3. The third kappa shape index (κ3) is 17.7. The SMILES string of the molecule is CCC1(CCCCCCCCCCCCCCCCCCOP(=O)(O)OP(=O)(O)O)CO1. The first-order valence-corrected chi connectivity index (χ1v) is 15.6. The molecule has 2 atom stereocenters. The molecule has 0 amide bonds. The molecule has 10 heteroatoms. The molecule has 0 bridgehead atoms. The third-order valence-electron chi connectivity index (χ3n) is 6.19. The summed E-state index contributed by atoms with van der Waals surface area (Å²) >= 11 is 0. The molecule has 192 valence electrons. The molecule has 0 aliphatic carbocycles. The van der Waals surface area contributed by atoms with Crippen LogP contribution in [0, 0.1) is 0 Å². The van der Waals surface area contributed by atoms with Gasteiger partial charge in [-0.2, -0.15) is 4.31 Å². The Morgan fingerprint density at radius 2 is 1.09 bits per heavy atom. The summed E-state index contributed by atoms with van der Waals surface area (Å²) in [5.41, 5.74) is 0.274. The second-order valence-corrected chi connectivity index (χ2v) is 11.9. The third-order valence-corrected chi connectivity index (χ3v) is 8.37. The van der Waals surface area contributed by atoms with Crippen molar-refractivity contribution >= 4 is 15.6 Å². The first kappa shape index (κ1) is 30.3. The van der Waals surface area contributed by atoms with Crippen LogP contribution >= 0.6 is 15.6 Å². The van der Waals surface area contributed by atoms with Gasteiger partial charge in [0.25, 0.3) is 0 Å². The van der Waals surface area contributed by atoms with Crippen LogP contribution in [0.1, 0.15) is 122 Å². The van der Waals surface area contributed by atoms with Gasteiger partial charge in [-0.3, -0.25) is 4.52 Å². The van der Waals surface area contributed by atoms with Crippen LogP contribution in [0.15, 0.2) is 0 Å². The van der Waals surface area contributed by atoms with E-state index in [4.69, 9.17) is 19.4 Å². The van der Waals surface area contributed by atoms with Crippen LogP contribution in [0.5, 0.6) is 0 Å². The van der Waals surface area contributed by atoms with E-state index < -0.39 is 15.6 Å². The van der Waals surface area contributed by atoms with E-state index in [9.17, 15) is 9.13 Å². The van der Waals surface area contributed by atoms with Gasteiger partial charge in [0.05, 0.1) is 18.8 Å². The molecule has 8 nitrogen and oxygen atoms in total. The fourth-order valence-electron chi connectivity index (χ4n) is 3.99. The Bertz CT molecular complexity index is 562. The lowest BCUT2D eigenvalue weighted by Gasteiger charge is -2.12. The van der Waals surface area contributed by atoms with E-state index >= 15 is 0 Å². The minimum atomic E-state index is -5.03. The van der Waals surface area contributed by atoms with Crippen molar-refractivity contribution in [3.63, 3.8) is 0 Å². The molecule has 1 aliphatic rings. The monoisotopic (exact) mass is 500 g/mol. The van der Waals surface area contributed by atoms with Crippen molar-refractivity contribution in [3.8, 4) is 0 Å². The summed E-state index contributed by atoms with van der Waals surface area (Å²) in [6, 6.07) is 0. The topological polar surface area (TPSA) is 126 Å². The van der Waals surface area contributed by atoms with E-state index in [-0.39, 0.29) is 12.2 Å². The smallest absolute Gasteiger partial charge is 0.370 e. The standard InChI is InChI=1S/C22H46O8P2/c1-2-22(21-28-22)19-17-15-13-11-9-7-5-3-4-6-8-10-12-14-16-18-20-29-32(26,27)30-31(23,24)25/h2-21H2,1H3,(H,26,27)(H2,23,24,25). The molecular formula is C22H46O8P2. The van der Waals surface area contributed by atoms with Gasteiger partial charge in [-0.15, -0.1) is 0 Å². The van der Waals surface area contributed by atoms with Gasteiger partial charge in [0.2, 0.25) is 0 Å². The Kier molecular flexibility index (Phi) is 15.9. The number of phosphoric ester groups is 1. The van der Waals surface area contributed by atoms with E-state index in [2.05, 4.69) is 15.8 Å². The van der Waals surface area contributed by atoms with E-state index in [1.165, 1.54) is 89.9 Å². The lowest BCUT2D eigenvalue weighted by molar-refractivity contribution is 0.175. The van der Waals surface area contributed by atoms with Crippen LogP contribution in [-0.2, 0) is 22.7 Å². The average Bonchev–Trinajstić information content (AvgIpc) is 3.48. The number of phosphoric acid groups is 2. The molecule has 3 N–H and O–H groups in total. The van der Waals surface area contributed by atoms with Crippen molar-refractivity contribution in [1.29, 1.82) is 0 Å². The minimum absolute atomic E-state index is 0.0533. The zero-order valence-electron chi connectivity index (χ0n) is 19.9. The van der Waals surface area contributed by atoms with Crippen LogP contribution in [-0.4, -0.2) is 33.5 Å². The maximum Gasteiger partial charge on any atom is 0.481 e. The minimum Gasteiger partial charge on any atom is -0.370 e. The molecule has 2 unspecified atom stereocenters. The predicted molar refractivity (Wildman–Crippen MR) is 126 cm³/mol. The fraction of sp³-hybridized carbons (Fsp3) is 1.00. The molecule has 1 saturated heterocycles. The van der Waals surface area contributed by atoms with Crippen LogP contribution < -0.4 is 0 Å². The number of ether oxygens (including phenoxy) is 1. The molecule has 1 aliphatic heterocycles. The lowest BCUT2D eigenvalue weighted by atomic mass is 9.98. The molecule has 0 saturated carbocycles. The fourth-order valence-corrected chi connectivity index (χ4v) is 5.61. The molecule has 0 aromatic carbocycles. The summed E-state index contributed by atoms with van der Waals surface area (Å²) in [6.07, 6.45) is 21.9. The predicted octanol–water partition coefficient (Wildman–Crippen LogP) is 7.02. The van der Waals surface area contributed by atoms with E-state index in [1.54, 1.807) is 0 Å². The maximum atomic E-state index is 11.3. The molecular weight excluding hydrogens is 454 g/mol. The van der Waals surface area contributed by atoms with Gasteiger partial charge in [-0.25, -0.2) is 9.13 Å². The summed E-state index contributed by atoms with van der Waals surface area (Å²) in [4.78, 5) is 26.1. The Morgan fingerprint density at radius 3 is 1.44 bits per heavy atom. The Hall–Kier alpha value is 0.220. The van der Waals surface area contributed by atoms with Crippen molar-refractivity contribution in [2.45, 2.75) is 128 Å². The largest absolute Gasteiger partial charge is 0.481 e. The zero-order valence-corrected chi connectivity index (χ0v) is 21.7. The van der Waals surface area contributed by atoms with Gasteiger partial charge in [0, 0.05) is 0 Å². The quantitative estimate of drug-likeness (QED) is 0.0776. The number of hydrogen-bond acceptors (Lipinski definition) is 5. The van der Waals surface area contributed by atoms with Crippen LogP contribution in [0.2, 0.25) is 0 Å². The number of unbranched alkanes of at least 4 members (excludes halogenated alkanes) is 15. The molecule has 0 spiro atoms. The summed E-state index contributed by atoms with van der Waals surface area (Å²) < 4.78 is 35.6. The van der Waals surface area contributed by atoms with E-state index in [0.717, 1.165) is 25.9 Å². The normalized spacial score (nSPS) is 20.4. The Labute approximate surface area is 194 Å². The molecule has 0 aromatic heterocycles. The van der Waals surface area contributed by atoms with Gasteiger partial charge in [-0.05, 0) is 19.3 Å². The van der Waals surface area contributed by atoms with E-state index in [0.29, 0.717) is 6.42 Å². The summed E-state index contributed by atoms with van der Waals surface area (Å²) in [7, 11) is -9.70. The van der Waals surface area contributed by atoms with Crippen molar-refractivity contribution in [2.24, 2.45) is 0 Å². The first-order valence-electron chi connectivity index (χ1n) is 12.6. The molecule has 1 fully saturated rings. The number of epoxide rings is 1. The van der Waals surface area contributed by atoms with E-state index in [1.807, 2.05) is 0 Å². The highest BCUT2D eigenvalue weighted by Gasteiger charge is 2.41. The second-order valence-electron chi connectivity index (χ2n) is 9.11. The number of hydrogen-bond donors (Lipinski definition) is 3. The van der Waals surface area contributed by atoms with Gasteiger partial charge in [0.15, 0.2) is 0 Å². The highest BCUT2D eigenvalue weighted by molar-refractivity contribution is 7.60. The van der Waals surface area contributed by atoms with Gasteiger partial charge >= 0.3 is 15.6 Å². The number of rotatable bonds is 23. The first-order chi connectivity index (χ1) is 15.2. The highest BCUT2D eigenvalue weighted by atomic mass is 31.3. The Balaban J connectivity index is 1.73.